The molecule has 1 amide bonds. The number of hydrogen-bond acceptors (Lipinski definition) is 3. The first-order chi connectivity index (χ1) is 10.4. The van der Waals surface area contributed by atoms with Gasteiger partial charge in [-0.3, -0.25) is 9.69 Å². The van der Waals surface area contributed by atoms with Gasteiger partial charge < -0.3 is 9.47 Å². The van der Waals surface area contributed by atoms with E-state index in [1.54, 1.807) is 37.3 Å². The molecule has 1 heterocycles. The van der Waals surface area contributed by atoms with Crippen molar-refractivity contribution >= 4 is 5.91 Å². The molecule has 3 atom stereocenters. The van der Waals surface area contributed by atoms with Crippen molar-refractivity contribution in [2.75, 3.05) is 20.3 Å². The van der Waals surface area contributed by atoms with Crippen molar-refractivity contribution in [1.82, 2.24) is 4.90 Å². The maximum atomic E-state index is 13.2. The summed E-state index contributed by atoms with van der Waals surface area (Å²) < 4.78 is 49.2. The molecule has 0 saturated carbocycles. The fourth-order valence-corrected chi connectivity index (χ4v) is 2.54. The highest BCUT2D eigenvalue weighted by Crippen LogP contribution is 2.39. The largest absolute Gasteiger partial charge is 0.433 e. The molecule has 0 unspecified atom stereocenters. The summed E-state index contributed by atoms with van der Waals surface area (Å²) >= 11 is 0. The molecule has 0 N–H and O–H groups in total. The first-order valence-electron chi connectivity index (χ1n) is 6.90. The Morgan fingerprint density at radius 1 is 1.41 bits per heavy atom. The van der Waals surface area contributed by atoms with Crippen LogP contribution in [0.15, 0.2) is 30.3 Å². The van der Waals surface area contributed by atoms with Crippen LogP contribution in [0.4, 0.5) is 13.2 Å². The second-order valence-corrected chi connectivity index (χ2v) is 5.26. The van der Waals surface area contributed by atoms with Gasteiger partial charge in [-0.1, -0.05) is 37.3 Å². The lowest BCUT2D eigenvalue weighted by molar-refractivity contribution is -0.241. The van der Waals surface area contributed by atoms with E-state index in [4.69, 9.17) is 9.47 Å². The van der Waals surface area contributed by atoms with Crippen LogP contribution in [0.5, 0.6) is 0 Å². The van der Waals surface area contributed by atoms with E-state index in [0.29, 0.717) is 5.56 Å². The van der Waals surface area contributed by atoms with Crippen molar-refractivity contribution in [1.29, 1.82) is 0 Å². The Bertz CT molecular complexity index is 507. The Kier molecular flexibility index (Phi) is 5.08. The number of hydrogen-bond donors (Lipinski definition) is 0. The summed E-state index contributed by atoms with van der Waals surface area (Å²) in [6, 6.07) is 7.83. The van der Waals surface area contributed by atoms with Crippen LogP contribution in [0.3, 0.4) is 0 Å². The fourth-order valence-electron chi connectivity index (χ4n) is 2.54. The first kappa shape index (κ1) is 16.8. The average Bonchev–Trinajstić information content (AvgIpc) is 2.92. The number of amides is 1. The quantitative estimate of drug-likeness (QED) is 0.857. The van der Waals surface area contributed by atoms with Crippen LogP contribution in [-0.4, -0.2) is 43.5 Å². The molecule has 4 nitrogen and oxygen atoms in total. The number of halogens is 3. The van der Waals surface area contributed by atoms with Gasteiger partial charge >= 0.3 is 6.18 Å². The van der Waals surface area contributed by atoms with Crippen LogP contribution in [0, 0.1) is 5.92 Å². The van der Waals surface area contributed by atoms with Crippen molar-refractivity contribution in [2.45, 2.75) is 25.4 Å². The molecule has 0 aromatic heterocycles. The summed E-state index contributed by atoms with van der Waals surface area (Å²) in [7, 11) is 1.40. The predicted octanol–water partition coefficient (Wildman–Crippen LogP) is 2.76. The maximum absolute atomic E-state index is 13.2. The van der Waals surface area contributed by atoms with Crippen molar-refractivity contribution < 1.29 is 27.4 Å². The lowest BCUT2D eigenvalue weighted by atomic mass is 10.0. The lowest BCUT2D eigenvalue weighted by Gasteiger charge is -2.31. The molecule has 1 saturated heterocycles. The number of alkyl halides is 3. The number of methoxy groups -OCH3 is 1. The van der Waals surface area contributed by atoms with Crippen LogP contribution in [0.2, 0.25) is 0 Å². The molecule has 7 heteroatoms. The first-order valence-corrected chi connectivity index (χ1v) is 6.90. The molecule has 1 aliphatic rings. The molecule has 0 aliphatic carbocycles. The molecular formula is C15H18F3NO3. The van der Waals surface area contributed by atoms with E-state index in [9.17, 15) is 18.0 Å². The van der Waals surface area contributed by atoms with Crippen molar-refractivity contribution in [2.24, 2.45) is 5.92 Å². The Hall–Kier alpha value is -1.60. The molecule has 1 aliphatic heterocycles. The molecule has 0 bridgehead atoms. The summed E-state index contributed by atoms with van der Waals surface area (Å²) in [5.74, 6) is -1.31. The highest BCUT2D eigenvalue weighted by atomic mass is 19.4. The third-order valence-corrected chi connectivity index (χ3v) is 3.56. The number of benzene rings is 1. The molecule has 0 radical (unpaired) electrons. The smallest absolute Gasteiger partial charge is 0.384 e. The SMILES string of the molecule is COC[C@H](C)C(=O)N1[C@H](C(F)(F)F)OC[C@H]1c1ccccc1. The minimum absolute atomic E-state index is 0.0570. The fraction of sp³-hybridized carbons (Fsp3) is 0.533. The van der Waals surface area contributed by atoms with E-state index in [-0.39, 0.29) is 13.2 Å². The summed E-state index contributed by atoms with van der Waals surface area (Å²) in [6.45, 7) is 1.42. The molecule has 1 aromatic rings. The Labute approximate surface area is 126 Å². The zero-order chi connectivity index (χ0) is 16.3. The van der Waals surface area contributed by atoms with Gasteiger partial charge in [0.1, 0.15) is 0 Å². The summed E-state index contributed by atoms with van der Waals surface area (Å²) in [5.41, 5.74) is 0.618. The summed E-state index contributed by atoms with van der Waals surface area (Å²) in [4.78, 5) is 13.2. The van der Waals surface area contributed by atoms with Crippen LogP contribution in [0.25, 0.3) is 0 Å². The normalized spacial score (nSPS) is 23.6. The van der Waals surface area contributed by atoms with Crippen molar-refractivity contribution in [3.05, 3.63) is 35.9 Å². The van der Waals surface area contributed by atoms with Crippen molar-refractivity contribution in [3.8, 4) is 0 Å². The second-order valence-electron chi connectivity index (χ2n) is 5.26. The van der Waals surface area contributed by atoms with Gasteiger partial charge in [0.05, 0.1) is 25.2 Å². The van der Waals surface area contributed by atoms with Crippen molar-refractivity contribution in [3.63, 3.8) is 0 Å². The van der Waals surface area contributed by atoms with E-state index in [2.05, 4.69) is 0 Å². The van der Waals surface area contributed by atoms with Gasteiger partial charge in [0, 0.05) is 7.11 Å². The zero-order valence-corrected chi connectivity index (χ0v) is 12.3. The van der Waals surface area contributed by atoms with Gasteiger partial charge in [0.25, 0.3) is 0 Å². The minimum atomic E-state index is -4.63. The van der Waals surface area contributed by atoms with Gasteiger partial charge in [0.15, 0.2) is 0 Å². The number of carbonyl (C=O) groups excluding carboxylic acids is 1. The van der Waals surface area contributed by atoms with Gasteiger partial charge in [-0.05, 0) is 5.56 Å². The van der Waals surface area contributed by atoms with Gasteiger partial charge in [-0.2, -0.15) is 13.2 Å². The molecule has 22 heavy (non-hydrogen) atoms. The minimum Gasteiger partial charge on any atom is -0.384 e. The number of rotatable bonds is 4. The number of nitrogens with zero attached hydrogens (tertiary/aromatic N) is 1. The highest BCUT2D eigenvalue weighted by Gasteiger charge is 2.53. The van der Waals surface area contributed by atoms with Gasteiger partial charge in [-0.25, -0.2) is 0 Å². The van der Waals surface area contributed by atoms with E-state index in [1.807, 2.05) is 0 Å². The van der Waals surface area contributed by atoms with Crippen LogP contribution >= 0.6 is 0 Å². The van der Waals surface area contributed by atoms with E-state index < -0.39 is 30.3 Å². The van der Waals surface area contributed by atoms with Crippen LogP contribution in [0.1, 0.15) is 18.5 Å². The highest BCUT2D eigenvalue weighted by molar-refractivity contribution is 5.79. The monoisotopic (exact) mass is 317 g/mol. The Morgan fingerprint density at radius 2 is 2.05 bits per heavy atom. The van der Waals surface area contributed by atoms with Crippen LogP contribution in [-0.2, 0) is 14.3 Å². The van der Waals surface area contributed by atoms with E-state index in [0.717, 1.165) is 4.90 Å². The molecule has 0 spiro atoms. The molecular weight excluding hydrogens is 299 g/mol. The number of carbonyl (C=O) groups is 1. The second kappa shape index (κ2) is 6.66. The maximum Gasteiger partial charge on any atom is 0.433 e. The standard InChI is InChI=1S/C15H18F3NO3/c1-10(8-21-2)13(20)19-12(11-6-4-3-5-7-11)9-22-14(19)15(16,17)18/h3-7,10,12,14H,8-9H2,1-2H3/t10-,12-,14-/m0/s1. The Balaban J connectivity index is 2.32. The third-order valence-electron chi connectivity index (χ3n) is 3.56. The van der Waals surface area contributed by atoms with Crippen LogP contribution < -0.4 is 0 Å². The topological polar surface area (TPSA) is 38.8 Å². The third kappa shape index (κ3) is 3.41. The number of ether oxygens (including phenoxy) is 2. The summed E-state index contributed by atoms with van der Waals surface area (Å²) in [6.07, 6.45) is -6.85. The predicted molar refractivity (Wildman–Crippen MR) is 72.9 cm³/mol. The van der Waals surface area contributed by atoms with Gasteiger partial charge in [-0.15, -0.1) is 0 Å². The molecule has 122 valence electrons. The van der Waals surface area contributed by atoms with Gasteiger partial charge in [0.2, 0.25) is 12.1 Å². The summed E-state index contributed by atoms with van der Waals surface area (Å²) in [5, 5.41) is 0. The average molecular weight is 317 g/mol. The zero-order valence-electron chi connectivity index (χ0n) is 12.3. The Morgan fingerprint density at radius 3 is 2.59 bits per heavy atom. The molecule has 1 fully saturated rings. The van der Waals surface area contributed by atoms with E-state index in [1.165, 1.54) is 7.11 Å². The molecule has 2 rings (SSSR count). The molecule has 1 aromatic carbocycles. The van der Waals surface area contributed by atoms with E-state index >= 15 is 0 Å². The lowest BCUT2D eigenvalue weighted by Crippen LogP contribution is -2.48.